The van der Waals surface area contributed by atoms with Crippen LogP contribution in [0.25, 0.3) is 11.4 Å². The van der Waals surface area contributed by atoms with Crippen molar-refractivity contribution in [2.24, 2.45) is 0 Å². The molecule has 0 saturated carbocycles. The maximum absolute atomic E-state index is 10.7. The van der Waals surface area contributed by atoms with E-state index < -0.39 is 9.85 Å². The zero-order valence-corrected chi connectivity index (χ0v) is 19.6. The molecule has 0 saturated heterocycles. The van der Waals surface area contributed by atoms with Gasteiger partial charge in [-0.1, -0.05) is 20.4 Å². The number of hydrogen-bond acceptors (Lipinski definition) is 14. The van der Waals surface area contributed by atoms with Crippen LogP contribution in [0, 0.1) is 20.2 Å². The first-order valence-corrected chi connectivity index (χ1v) is 11.0. The Balaban J connectivity index is 1.04. The Bertz CT molecular complexity index is 1240. The van der Waals surface area contributed by atoms with E-state index in [1.165, 1.54) is 58.1 Å². The molecule has 198 valence electrons. The van der Waals surface area contributed by atoms with Crippen LogP contribution in [0.5, 0.6) is 12.0 Å². The molecule has 0 N–H and O–H groups in total. The van der Waals surface area contributed by atoms with Crippen molar-refractivity contribution in [2.75, 3.05) is 39.6 Å². The minimum Gasteiger partial charge on any atom is -0.459 e. The fraction of sp³-hybridized carbons (Fsp3) is 0.300. The lowest BCUT2D eigenvalue weighted by molar-refractivity contribution is -0.385. The molecule has 18 nitrogen and oxygen atoms in total. The standard InChI is InChI=1S/C20H20N10O8/c31-29(32)17-5-1-15(2-6-17)27-23-19(21-25-27)37-13-11-35-9-10-36-12-14-38-20-22-26-28(24-20)16-3-7-18(8-4-16)30(33)34/h1-8H,9-14H2. The number of rotatable bonds is 15. The van der Waals surface area contributed by atoms with Crippen molar-refractivity contribution >= 4 is 11.4 Å². The third kappa shape index (κ3) is 7.21. The summed E-state index contributed by atoms with van der Waals surface area (Å²) in [5.41, 5.74) is 0.920. The minimum atomic E-state index is -0.495. The van der Waals surface area contributed by atoms with E-state index in [1.807, 2.05) is 0 Å². The molecule has 0 spiro atoms. The van der Waals surface area contributed by atoms with Crippen LogP contribution in [0.4, 0.5) is 11.4 Å². The fourth-order valence-corrected chi connectivity index (χ4v) is 2.86. The zero-order valence-electron chi connectivity index (χ0n) is 19.6. The molecule has 0 aliphatic rings. The molecule has 0 aliphatic carbocycles. The molecule has 0 radical (unpaired) electrons. The van der Waals surface area contributed by atoms with Crippen LogP contribution in [0.3, 0.4) is 0 Å². The van der Waals surface area contributed by atoms with Crippen molar-refractivity contribution in [3.8, 4) is 23.4 Å². The number of aromatic nitrogens is 8. The van der Waals surface area contributed by atoms with Crippen LogP contribution in [0.2, 0.25) is 0 Å². The Morgan fingerprint density at radius 3 is 1.34 bits per heavy atom. The summed E-state index contributed by atoms with van der Waals surface area (Å²) in [7, 11) is 0. The Hall–Kier alpha value is -5.10. The minimum absolute atomic E-state index is 0.0399. The number of tetrazole rings is 2. The van der Waals surface area contributed by atoms with Gasteiger partial charge in [-0.25, -0.2) is 0 Å². The van der Waals surface area contributed by atoms with E-state index in [-0.39, 0.29) is 49.8 Å². The van der Waals surface area contributed by atoms with E-state index >= 15 is 0 Å². The maximum Gasteiger partial charge on any atom is 0.356 e. The molecule has 0 aliphatic heterocycles. The average molecular weight is 528 g/mol. The van der Waals surface area contributed by atoms with E-state index in [1.54, 1.807) is 0 Å². The van der Waals surface area contributed by atoms with Gasteiger partial charge in [-0.05, 0) is 34.7 Å². The molecule has 2 aromatic carbocycles. The number of non-ortho nitro benzene ring substituents is 2. The topological polar surface area (TPSA) is 210 Å². The molecule has 0 amide bonds. The van der Waals surface area contributed by atoms with Crippen LogP contribution in [-0.2, 0) is 9.47 Å². The second-order valence-corrected chi connectivity index (χ2v) is 7.19. The van der Waals surface area contributed by atoms with E-state index in [9.17, 15) is 20.2 Å². The van der Waals surface area contributed by atoms with E-state index in [0.29, 0.717) is 24.6 Å². The smallest absolute Gasteiger partial charge is 0.356 e. The first-order chi connectivity index (χ1) is 18.5. The molecule has 2 heterocycles. The summed E-state index contributed by atoms with van der Waals surface area (Å²) in [4.78, 5) is 22.8. The van der Waals surface area contributed by atoms with Crippen LogP contribution in [0.15, 0.2) is 48.5 Å². The normalized spacial score (nSPS) is 10.8. The highest BCUT2D eigenvalue weighted by Gasteiger charge is 2.10. The molecule has 38 heavy (non-hydrogen) atoms. The predicted molar refractivity (Wildman–Crippen MR) is 124 cm³/mol. The predicted octanol–water partition coefficient (Wildman–Crippen LogP) is 0.945. The Kier molecular flexibility index (Phi) is 8.71. The van der Waals surface area contributed by atoms with Gasteiger partial charge in [0.2, 0.25) is 0 Å². The van der Waals surface area contributed by atoms with Gasteiger partial charge in [-0.15, -0.1) is 9.59 Å². The van der Waals surface area contributed by atoms with Gasteiger partial charge < -0.3 is 18.9 Å². The lowest BCUT2D eigenvalue weighted by atomic mass is 10.3. The second-order valence-electron chi connectivity index (χ2n) is 7.19. The monoisotopic (exact) mass is 528 g/mol. The van der Waals surface area contributed by atoms with Gasteiger partial charge in [0, 0.05) is 24.3 Å². The first kappa shape index (κ1) is 26.0. The van der Waals surface area contributed by atoms with Gasteiger partial charge in [0.05, 0.1) is 47.6 Å². The Morgan fingerprint density at radius 1 is 0.605 bits per heavy atom. The number of nitro benzene ring substituents is 2. The van der Waals surface area contributed by atoms with Crippen LogP contribution < -0.4 is 9.47 Å². The largest absolute Gasteiger partial charge is 0.459 e. The van der Waals surface area contributed by atoms with Crippen molar-refractivity contribution < 1.29 is 28.8 Å². The Labute approximate surface area is 213 Å². The summed E-state index contributed by atoms with van der Waals surface area (Å²) in [6.45, 7) is 1.54. The molecule has 18 heteroatoms. The zero-order chi connectivity index (χ0) is 26.7. The molecule has 0 bridgehead atoms. The highest BCUT2D eigenvalue weighted by atomic mass is 16.6. The molecular weight excluding hydrogens is 508 g/mol. The van der Waals surface area contributed by atoms with E-state index in [2.05, 4.69) is 30.8 Å². The van der Waals surface area contributed by atoms with Crippen molar-refractivity contribution in [3.63, 3.8) is 0 Å². The summed E-state index contributed by atoms with van der Waals surface area (Å²) >= 11 is 0. The second kappa shape index (κ2) is 12.7. The van der Waals surface area contributed by atoms with Crippen LogP contribution in [-0.4, -0.2) is 89.9 Å². The SMILES string of the molecule is O=[N+]([O-])c1ccc(-n2nnc(OCCOCCOCCOc3nnn(-c4ccc([N+](=O)[O-])cc4)n3)n2)cc1. The van der Waals surface area contributed by atoms with Gasteiger partial charge in [-0.3, -0.25) is 20.2 Å². The molecular formula is C20H20N10O8. The fourth-order valence-electron chi connectivity index (χ4n) is 2.86. The lowest BCUT2D eigenvalue weighted by Gasteiger charge is -2.06. The van der Waals surface area contributed by atoms with Crippen molar-refractivity contribution in [3.05, 3.63) is 68.8 Å². The third-order valence-electron chi connectivity index (χ3n) is 4.66. The molecule has 0 unspecified atom stereocenters. The van der Waals surface area contributed by atoms with Crippen molar-refractivity contribution in [1.82, 2.24) is 40.4 Å². The van der Waals surface area contributed by atoms with Crippen molar-refractivity contribution in [2.45, 2.75) is 0 Å². The summed E-state index contributed by atoms with van der Waals surface area (Å²) in [6, 6.07) is 11.4. The van der Waals surface area contributed by atoms with Gasteiger partial charge in [0.1, 0.15) is 13.2 Å². The van der Waals surface area contributed by atoms with E-state index in [4.69, 9.17) is 18.9 Å². The number of hydrogen-bond donors (Lipinski definition) is 0. The number of nitro groups is 2. The molecule has 2 aromatic heterocycles. The van der Waals surface area contributed by atoms with Gasteiger partial charge >= 0.3 is 12.0 Å². The number of nitrogens with zero attached hydrogens (tertiary/aromatic N) is 10. The molecule has 4 aromatic rings. The third-order valence-corrected chi connectivity index (χ3v) is 4.66. The van der Waals surface area contributed by atoms with Crippen molar-refractivity contribution in [1.29, 1.82) is 0 Å². The van der Waals surface area contributed by atoms with Gasteiger partial charge in [0.25, 0.3) is 11.4 Å². The molecule has 4 rings (SSSR count). The maximum atomic E-state index is 10.7. The lowest BCUT2D eigenvalue weighted by Crippen LogP contribution is -2.14. The van der Waals surface area contributed by atoms with Crippen LogP contribution in [0.1, 0.15) is 0 Å². The number of benzene rings is 2. The molecule has 0 atom stereocenters. The van der Waals surface area contributed by atoms with E-state index in [0.717, 1.165) is 0 Å². The number of ether oxygens (including phenoxy) is 4. The Morgan fingerprint density at radius 2 is 0.974 bits per heavy atom. The van der Waals surface area contributed by atoms with Gasteiger partial charge in [0.15, 0.2) is 0 Å². The molecule has 0 fully saturated rings. The average Bonchev–Trinajstić information content (AvgIpc) is 3.60. The summed E-state index contributed by atoms with van der Waals surface area (Å²) in [6.07, 6.45) is 0. The summed E-state index contributed by atoms with van der Waals surface area (Å²) in [5.74, 6) is 0. The quantitative estimate of drug-likeness (QED) is 0.119. The highest BCUT2D eigenvalue weighted by molar-refractivity contribution is 5.40. The van der Waals surface area contributed by atoms with Gasteiger partial charge in [-0.2, -0.15) is 0 Å². The van der Waals surface area contributed by atoms with Crippen LogP contribution >= 0.6 is 0 Å². The first-order valence-electron chi connectivity index (χ1n) is 11.0. The summed E-state index contributed by atoms with van der Waals surface area (Å²) < 4.78 is 21.5. The summed E-state index contributed by atoms with van der Waals surface area (Å²) in [5, 5.41) is 44.7. The highest BCUT2D eigenvalue weighted by Crippen LogP contribution is 2.15.